The van der Waals surface area contributed by atoms with E-state index in [9.17, 15) is 14.4 Å². The minimum atomic E-state index is -0.506. The summed E-state index contributed by atoms with van der Waals surface area (Å²) in [6, 6.07) is 5.81. The number of likely N-dealkylation sites (N-methyl/N-ethyl adjacent to an activating group) is 1. The Morgan fingerprint density at radius 1 is 1.21 bits per heavy atom. The van der Waals surface area contributed by atoms with Gasteiger partial charge >= 0.3 is 5.97 Å². The van der Waals surface area contributed by atoms with E-state index in [1.165, 1.54) is 23.1 Å². The Bertz CT molecular complexity index is 667. The summed E-state index contributed by atoms with van der Waals surface area (Å²) >= 11 is 0. The minimum Gasteiger partial charge on any atom is -0.452 e. The Labute approximate surface area is 141 Å². The summed E-state index contributed by atoms with van der Waals surface area (Å²) in [4.78, 5) is 37.0. The number of amides is 2. The van der Waals surface area contributed by atoms with E-state index in [-0.39, 0.29) is 25.1 Å². The first-order valence-electron chi connectivity index (χ1n) is 8.35. The largest absolute Gasteiger partial charge is 0.452 e. The molecule has 0 heterocycles. The molecule has 1 saturated carbocycles. The molecule has 0 bridgehead atoms. The highest BCUT2D eigenvalue weighted by molar-refractivity contribution is 5.92. The molecule has 3 rings (SSSR count). The van der Waals surface area contributed by atoms with Crippen molar-refractivity contribution in [2.24, 2.45) is 0 Å². The van der Waals surface area contributed by atoms with Gasteiger partial charge in [0.25, 0.3) is 5.91 Å². The van der Waals surface area contributed by atoms with Gasteiger partial charge in [-0.1, -0.05) is 6.07 Å². The number of esters is 1. The Hall–Kier alpha value is -2.37. The van der Waals surface area contributed by atoms with E-state index in [0.29, 0.717) is 5.56 Å². The van der Waals surface area contributed by atoms with Gasteiger partial charge in [-0.05, 0) is 55.4 Å². The Morgan fingerprint density at radius 2 is 1.96 bits per heavy atom. The van der Waals surface area contributed by atoms with E-state index in [1.807, 2.05) is 12.1 Å². The fourth-order valence-corrected chi connectivity index (χ4v) is 2.82. The van der Waals surface area contributed by atoms with E-state index in [0.717, 1.165) is 32.1 Å². The molecule has 6 nitrogen and oxygen atoms in total. The average molecular weight is 330 g/mol. The number of rotatable bonds is 6. The van der Waals surface area contributed by atoms with Crippen molar-refractivity contribution in [2.75, 3.05) is 20.2 Å². The van der Waals surface area contributed by atoms with Gasteiger partial charge in [-0.3, -0.25) is 9.59 Å². The number of fused-ring (bicyclic) bond motifs is 1. The van der Waals surface area contributed by atoms with Gasteiger partial charge in [0.05, 0.1) is 12.1 Å². The zero-order valence-corrected chi connectivity index (χ0v) is 13.8. The molecule has 24 heavy (non-hydrogen) atoms. The van der Waals surface area contributed by atoms with Crippen LogP contribution in [0.2, 0.25) is 0 Å². The number of carbonyl (C=O) groups is 3. The van der Waals surface area contributed by atoms with Crippen molar-refractivity contribution in [2.45, 2.75) is 38.1 Å². The van der Waals surface area contributed by atoms with Crippen LogP contribution < -0.4 is 5.32 Å². The normalized spacial score (nSPS) is 15.5. The number of hydrogen-bond acceptors (Lipinski definition) is 4. The number of hydrogen-bond donors (Lipinski definition) is 1. The van der Waals surface area contributed by atoms with E-state index >= 15 is 0 Å². The minimum absolute atomic E-state index is 0.0221. The van der Waals surface area contributed by atoms with Gasteiger partial charge in [0.2, 0.25) is 5.91 Å². The number of carbonyl (C=O) groups excluding carboxylic acids is 3. The number of nitrogens with one attached hydrogen (secondary N) is 1. The van der Waals surface area contributed by atoms with Crippen molar-refractivity contribution in [3.05, 3.63) is 34.9 Å². The van der Waals surface area contributed by atoms with Crippen molar-refractivity contribution in [3.63, 3.8) is 0 Å². The van der Waals surface area contributed by atoms with Crippen molar-refractivity contribution >= 4 is 17.8 Å². The van der Waals surface area contributed by atoms with Gasteiger partial charge in [0, 0.05) is 13.1 Å². The zero-order valence-electron chi connectivity index (χ0n) is 13.8. The van der Waals surface area contributed by atoms with Crippen LogP contribution in [0.15, 0.2) is 18.2 Å². The maximum Gasteiger partial charge on any atom is 0.338 e. The van der Waals surface area contributed by atoms with Crippen LogP contribution in [0, 0.1) is 0 Å². The molecule has 0 unspecified atom stereocenters. The van der Waals surface area contributed by atoms with Gasteiger partial charge in [-0.25, -0.2) is 4.79 Å². The summed E-state index contributed by atoms with van der Waals surface area (Å²) in [7, 11) is 1.53. The SMILES string of the molecule is CN(CC(=O)NC1CC1)C(=O)COC(=O)c1ccc2c(c1)CCC2. The van der Waals surface area contributed by atoms with Crippen LogP contribution in [0.4, 0.5) is 0 Å². The third-order valence-electron chi connectivity index (χ3n) is 4.41. The third kappa shape index (κ3) is 4.13. The molecule has 128 valence electrons. The molecule has 2 amide bonds. The maximum atomic E-state index is 12.1. The van der Waals surface area contributed by atoms with Crippen LogP contribution in [-0.4, -0.2) is 48.9 Å². The first-order valence-corrected chi connectivity index (χ1v) is 8.35. The third-order valence-corrected chi connectivity index (χ3v) is 4.41. The molecule has 0 atom stereocenters. The summed E-state index contributed by atoms with van der Waals surface area (Å²) in [5, 5.41) is 2.81. The van der Waals surface area contributed by atoms with Gasteiger partial charge in [-0.15, -0.1) is 0 Å². The molecule has 0 radical (unpaired) electrons. The molecule has 0 saturated heterocycles. The first kappa shape index (κ1) is 16.5. The molecule has 2 aliphatic carbocycles. The standard InChI is InChI=1S/C18H22N2O4/c1-20(10-16(21)19-15-7-8-15)17(22)11-24-18(23)14-6-5-12-3-2-4-13(12)9-14/h5-6,9,15H,2-4,7-8,10-11H2,1H3,(H,19,21). The first-order chi connectivity index (χ1) is 11.5. The summed E-state index contributed by atoms with van der Waals surface area (Å²) in [6.07, 6.45) is 5.15. The van der Waals surface area contributed by atoms with Crippen molar-refractivity contribution < 1.29 is 19.1 Å². The van der Waals surface area contributed by atoms with Crippen LogP contribution in [0.5, 0.6) is 0 Å². The van der Waals surface area contributed by atoms with Crippen LogP contribution >= 0.6 is 0 Å². The van der Waals surface area contributed by atoms with Crippen molar-refractivity contribution in [1.29, 1.82) is 0 Å². The molecule has 2 aliphatic rings. The molecule has 1 aromatic rings. The topological polar surface area (TPSA) is 75.7 Å². The molecule has 0 aliphatic heterocycles. The second-order valence-electron chi connectivity index (χ2n) is 6.50. The van der Waals surface area contributed by atoms with Gasteiger partial charge in [0.15, 0.2) is 6.61 Å². The number of ether oxygens (including phenoxy) is 1. The molecule has 0 spiro atoms. The molecule has 6 heteroatoms. The molecular formula is C18H22N2O4. The molecular weight excluding hydrogens is 308 g/mol. The Morgan fingerprint density at radius 3 is 2.71 bits per heavy atom. The lowest BCUT2D eigenvalue weighted by Crippen LogP contribution is -2.40. The van der Waals surface area contributed by atoms with E-state index < -0.39 is 11.9 Å². The average Bonchev–Trinajstić information content (AvgIpc) is 3.24. The summed E-state index contributed by atoms with van der Waals surface area (Å²) in [5.41, 5.74) is 2.94. The highest BCUT2D eigenvalue weighted by atomic mass is 16.5. The smallest absolute Gasteiger partial charge is 0.338 e. The van der Waals surface area contributed by atoms with Crippen molar-refractivity contribution in [1.82, 2.24) is 10.2 Å². The predicted octanol–water partition coefficient (Wildman–Crippen LogP) is 1.07. The summed E-state index contributed by atoms with van der Waals surface area (Å²) in [5.74, 6) is -1.08. The van der Waals surface area contributed by atoms with E-state index in [2.05, 4.69) is 5.32 Å². The van der Waals surface area contributed by atoms with Crippen LogP contribution in [0.3, 0.4) is 0 Å². The monoisotopic (exact) mass is 330 g/mol. The van der Waals surface area contributed by atoms with Crippen LogP contribution in [0.1, 0.15) is 40.7 Å². The lowest BCUT2D eigenvalue weighted by Gasteiger charge is -2.16. The molecule has 1 aromatic carbocycles. The van der Waals surface area contributed by atoms with E-state index in [1.54, 1.807) is 6.07 Å². The quantitative estimate of drug-likeness (QED) is 0.792. The molecule has 1 fully saturated rings. The predicted molar refractivity (Wildman–Crippen MR) is 87.6 cm³/mol. The number of benzene rings is 1. The maximum absolute atomic E-state index is 12.1. The van der Waals surface area contributed by atoms with Gasteiger partial charge in [0.1, 0.15) is 0 Å². The highest BCUT2D eigenvalue weighted by Crippen LogP contribution is 2.23. The van der Waals surface area contributed by atoms with Crippen LogP contribution in [-0.2, 0) is 27.2 Å². The zero-order chi connectivity index (χ0) is 17.1. The van der Waals surface area contributed by atoms with Gasteiger partial charge < -0.3 is 15.0 Å². The fraction of sp³-hybridized carbons (Fsp3) is 0.500. The highest BCUT2D eigenvalue weighted by Gasteiger charge is 2.24. The number of nitrogens with zero attached hydrogens (tertiary/aromatic N) is 1. The fourth-order valence-electron chi connectivity index (χ4n) is 2.82. The second kappa shape index (κ2) is 7.03. The summed E-state index contributed by atoms with van der Waals surface area (Å²) < 4.78 is 5.08. The van der Waals surface area contributed by atoms with E-state index in [4.69, 9.17) is 4.74 Å². The lowest BCUT2D eigenvalue weighted by atomic mass is 10.1. The molecule has 1 N–H and O–H groups in total. The second-order valence-corrected chi connectivity index (χ2v) is 6.50. The molecule has 0 aromatic heterocycles. The lowest BCUT2D eigenvalue weighted by molar-refractivity contribution is -0.137. The number of aryl methyl sites for hydroxylation is 2. The van der Waals surface area contributed by atoms with Crippen molar-refractivity contribution in [3.8, 4) is 0 Å². The van der Waals surface area contributed by atoms with Crippen LogP contribution in [0.25, 0.3) is 0 Å². The Balaban J connectivity index is 1.46. The summed E-state index contributed by atoms with van der Waals surface area (Å²) in [6.45, 7) is -0.380. The Kier molecular flexibility index (Phi) is 4.83. The van der Waals surface area contributed by atoms with Gasteiger partial charge in [-0.2, -0.15) is 0 Å².